The molecule has 2 saturated carbocycles. The molecule has 0 radical (unpaired) electrons. The molecule has 0 aromatic rings. The summed E-state index contributed by atoms with van der Waals surface area (Å²) in [4.78, 5) is 14.1. The van der Waals surface area contributed by atoms with Crippen LogP contribution in [0.5, 0.6) is 0 Å². The van der Waals surface area contributed by atoms with E-state index in [9.17, 15) is 4.79 Å². The van der Waals surface area contributed by atoms with Gasteiger partial charge < -0.3 is 0 Å². The van der Waals surface area contributed by atoms with Gasteiger partial charge in [0, 0.05) is 0 Å². The van der Waals surface area contributed by atoms with Crippen LogP contribution in [0.3, 0.4) is 0 Å². The van der Waals surface area contributed by atoms with E-state index in [-0.39, 0.29) is 6.04 Å². The second kappa shape index (κ2) is 6.35. The summed E-state index contributed by atoms with van der Waals surface area (Å²) in [5.41, 5.74) is 0. The fraction of sp³-hybridized carbons (Fsp3) is 0.933. The van der Waals surface area contributed by atoms with E-state index in [0.717, 1.165) is 30.6 Å². The van der Waals surface area contributed by atoms with Gasteiger partial charge in [0.25, 0.3) is 0 Å². The van der Waals surface area contributed by atoms with Gasteiger partial charge in [0.05, 0.1) is 6.04 Å². The van der Waals surface area contributed by atoms with Gasteiger partial charge in [0.1, 0.15) is 0 Å². The summed E-state index contributed by atoms with van der Waals surface area (Å²) >= 11 is 0. The predicted molar refractivity (Wildman–Crippen MR) is 69.6 cm³/mol. The number of hydrogen-bond acceptors (Lipinski definition) is 2. The molecule has 0 saturated heterocycles. The van der Waals surface area contributed by atoms with Crippen LogP contribution in [-0.4, -0.2) is 12.1 Å². The van der Waals surface area contributed by atoms with Gasteiger partial charge in [-0.05, 0) is 49.9 Å². The second-order valence-electron chi connectivity index (χ2n) is 6.15. The van der Waals surface area contributed by atoms with Crippen LogP contribution in [0.4, 0.5) is 0 Å². The van der Waals surface area contributed by atoms with Gasteiger partial charge in [-0.2, -0.15) is 0 Å². The van der Waals surface area contributed by atoms with Crippen molar-refractivity contribution in [1.82, 2.24) is 0 Å². The summed E-state index contributed by atoms with van der Waals surface area (Å²) in [5, 5.41) is 0. The lowest BCUT2D eigenvalue weighted by atomic mass is 9.72. The molecule has 0 bridgehead atoms. The lowest BCUT2D eigenvalue weighted by Gasteiger charge is -2.34. The third-order valence-electron chi connectivity index (χ3n) is 4.98. The lowest BCUT2D eigenvalue weighted by molar-refractivity contribution is 0.184. The molecule has 2 nitrogen and oxygen atoms in total. The lowest BCUT2D eigenvalue weighted by Crippen LogP contribution is -2.23. The summed E-state index contributed by atoms with van der Waals surface area (Å²) in [7, 11) is 0. The Bertz CT molecular complexity index is 275. The Morgan fingerprint density at radius 2 is 1.76 bits per heavy atom. The van der Waals surface area contributed by atoms with Crippen LogP contribution in [0.2, 0.25) is 0 Å². The highest BCUT2D eigenvalue weighted by atomic mass is 16.1. The molecule has 2 rings (SSSR count). The number of isocyanates is 1. The molecule has 2 aliphatic carbocycles. The van der Waals surface area contributed by atoms with Crippen molar-refractivity contribution < 1.29 is 4.79 Å². The fourth-order valence-electron chi connectivity index (χ4n) is 3.76. The summed E-state index contributed by atoms with van der Waals surface area (Å²) in [6, 6.07) is 0.285. The molecule has 0 aromatic carbocycles. The maximum Gasteiger partial charge on any atom is 0.235 e. The Labute approximate surface area is 105 Å². The highest BCUT2D eigenvalue weighted by Crippen LogP contribution is 2.38. The van der Waals surface area contributed by atoms with Gasteiger partial charge in [-0.3, -0.25) is 0 Å². The average Bonchev–Trinajstić information content (AvgIpc) is 2.35. The van der Waals surface area contributed by atoms with Gasteiger partial charge >= 0.3 is 0 Å². The quantitative estimate of drug-likeness (QED) is 0.535. The number of hydrogen-bond donors (Lipinski definition) is 0. The molecule has 2 atom stereocenters. The van der Waals surface area contributed by atoms with Crippen molar-refractivity contribution in [2.75, 3.05) is 0 Å². The van der Waals surface area contributed by atoms with E-state index < -0.39 is 0 Å². The molecule has 2 unspecified atom stereocenters. The molecule has 0 aliphatic heterocycles. The predicted octanol–water partition coefficient (Wildman–Crippen LogP) is 4.10. The monoisotopic (exact) mass is 235 g/mol. The van der Waals surface area contributed by atoms with Crippen LogP contribution in [0, 0.1) is 17.8 Å². The molecule has 0 heterocycles. The van der Waals surface area contributed by atoms with E-state index in [1.165, 1.54) is 44.9 Å². The molecule has 0 N–H and O–H groups in total. The van der Waals surface area contributed by atoms with Gasteiger partial charge in [-0.25, -0.2) is 9.79 Å². The minimum atomic E-state index is 0.285. The molecular formula is C15H25NO. The molecule has 0 aromatic heterocycles. The maximum absolute atomic E-state index is 10.2. The van der Waals surface area contributed by atoms with Gasteiger partial charge in [0.15, 0.2) is 0 Å². The fourth-order valence-corrected chi connectivity index (χ4v) is 3.76. The van der Waals surface area contributed by atoms with Crippen LogP contribution in [0.1, 0.15) is 64.7 Å². The van der Waals surface area contributed by atoms with Crippen molar-refractivity contribution in [1.29, 1.82) is 0 Å². The largest absolute Gasteiger partial charge is 0.235 e. The van der Waals surface area contributed by atoms with Crippen molar-refractivity contribution in [3.05, 3.63) is 0 Å². The number of carbonyl (C=O) groups excluding carboxylic acids is 1. The first-order valence-electron chi connectivity index (χ1n) is 7.36. The van der Waals surface area contributed by atoms with E-state index >= 15 is 0 Å². The first-order valence-corrected chi connectivity index (χ1v) is 7.36. The van der Waals surface area contributed by atoms with Crippen molar-refractivity contribution in [2.45, 2.75) is 70.8 Å². The first-order chi connectivity index (χ1) is 8.29. The van der Waals surface area contributed by atoms with E-state index in [1.807, 2.05) is 0 Å². The average molecular weight is 235 g/mol. The molecule has 2 aliphatic rings. The summed E-state index contributed by atoms with van der Waals surface area (Å²) in [6.45, 7) is 2.44. The molecule has 96 valence electrons. The van der Waals surface area contributed by atoms with Crippen LogP contribution < -0.4 is 0 Å². The van der Waals surface area contributed by atoms with Crippen molar-refractivity contribution in [2.24, 2.45) is 22.7 Å². The van der Waals surface area contributed by atoms with Crippen molar-refractivity contribution in [3.8, 4) is 0 Å². The molecule has 2 fully saturated rings. The third-order valence-corrected chi connectivity index (χ3v) is 4.98. The molecule has 0 spiro atoms. The Morgan fingerprint density at radius 3 is 2.41 bits per heavy atom. The summed E-state index contributed by atoms with van der Waals surface area (Å²) < 4.78 is 0. The van der Waals surface area contributed by atoms with E-state index in [4.69, 9.17) is 0 Å². The zero-order chi connectivity index (χ0) is 12.1. The summed E-state index contributed by atoms with van der Waals surface area (Å²) in [6.07, 6.45) is 13.7. The van der Waals surface area contributed by atoms with E-state index in [1.54, 1.807) is 6.08 Å². The minimum absolute atomic E-state index is 0.285. The zero-order valence-electron chi connectivity index (χ0n) is 11.0. The first kappa shape index (κ1) is 12.8. The number of rotatable bonds is 3. The van der Waals surface area contributed by atoms with Crippen LogP contribution in [0.25, 0.3) is 0 Å². The standard InChI is InChI=1S/C15H25NO/c1-12-4-2-3-5-14(12)10-13-6-8-15(9-7-13)16-11-17/h12-15H,2-10H2,1H3. The smallest absolute Gasteiger partial charge is 0.211 e. The number of nitrogens with zero attached hydrogens (tertiary/aromatic N) is 1. The molecule has 2 heteroatoms. The van der Waals surface area contributed by atoms with E-state index in [2.05, 4.69) is 11.9 Å². The van der Waals surface area contributed by atoms with Gasteiger partial charge in [-0.1, -0.05) is 32.6 Å². The van der Waals surface area contributed by atoms with Crippen molar-refractivity contribution >= 4 is 6.08 Å². The SMILES string of the molecule is CC1CCCCC1CC1CCC(N=C=O)CC1. The van der Waals surface area contributed by atoms with Gasteiger partial charge in [-0.15, -0.1) is 0 Å². The molecule has 17 heavy (non-hydrogen) atoms. The second-order valence-corrected chi connectivity index (χ2v) is 6.15. The Balaban J connectivity index is 1.75. The van der Waals surface area contributed by atoms with Crippen LogP contribution in [-0.2, 0) is 4.79 Å². The Hall–Kier alpha value is -0.620. The highest BCUT2D eigenvalue weighted by Gasteiger charge is 2.27. The highest BCUT2D eigenvalue weighted by molar-refractivity contribution is 5.33. The molecular weight excluding hydrogens is 210 g/mol. The minimum Gasteiger partial charge on any atom is -0.211 e. The summed E-state index contributed by atoms with van der Waals surface area (Å²) in [5.74, 6) is 2.81. The van der Waals surface area contributed by atoms with E-state index in [0.29, 0.717) is 0 Å². The maximum atomic E-state index is 10.2. The normalized spacial score (nSPS) is 38.4. The Morgan fingerprint density at radius 1 is 1.06 bits per heavy atom. The van der Waals surface area contributed by atoms with Crippen molar-refractivity contribution in [3.63, 3.8) is 0 Å². The topological polar surface area (TPSA) is 29.4 Å². The van der Waals surface area contributed by atoms with Crippen LogP contribution in [0.15, 0.2) is 4.99 Å². The number of aliphatic imine (C=N–C) groups is 1. The Kier molecular flexibility index (Phi) is 4.79. The zero-order valence-corrected chi connectivity index (χ0v) is 11.0. The molecule has 0 amide bonds. The van der Waals surface area contributed by atoms with Gasteiger partial charge in [0.2, 0.25) is 6.08 Å². The third kappa shape index (κ3) is 3.67. The van der Waals surface area contributed by atoms with Crippen LogP contribution >= 0.6 is 0 Å².